The van der Waals surface area contributed by atoms with Gasteiger partial charge in [-0.2, -0.15) is 0 Å². The first-order valence-electron chi connectivity index (χ1n) is 11.9. The molecule has 0 aliphatic rings. The van der Waals surface area contributed by atoms with Crippen LogP contribution in [0, 0.1) is 6.92 Å². The topological polar surface area (TPSA) is 82.0 Å². The Morgan fingerprint density at radius 2 is 1.63 bits per heavy atom. The van der Waals surface area contributed by atoms with E-state index in [0.717, 1.165) is 38.3 Å². The first-order valence-corrected chi connectivity index (χ1v) is 12.3. The van der Waals surface area contributed by atoms with E-state index in [4.69, 9.17) is 21.1 Å². The largest absolute Gasteiger partial charge is 0.495 e. The van der Waals surface area contributed by atoms with Crippen LogP contribution in [0.5, 0.6) is 17.2 Å². The van der Waals surface area contributed by atoms with Crippen LogP contribution in [0.3, 0.4) is 0 Å². The van der Waals surface area contributed by atoms with Crippen LogP contribution >= 0.6 is 11.6 Å². The molecule has 0 atom stereocenters. The number of nitrogens with zero attached hydrogens (tertiary/aromatic N) is 4. The number of ether oxygens (including phenoxy) is 2. The number of nitrogens with one attached hydrogen (secondary N) is 1. The molecule has 0 bridgehead atoms. The number of aryl methyl sites for hydroxylation is 1. The van der Waals surface area contributed by atoms with Gasteiger partial charge in [-0.25, -0.2) is 4.98 Å². The van der Waals surface area contributed by atoms with Gasteiger partial charge in [-0.1, -0.05) is 41.9 Å². The highest BCUT2D eigenvalue weighted by atomic mass is 35.5. The molecule has 7 nitrogen and oxygen atoms in total. The van der Waals surface area contributed by atoms with E-state index in [-0.39, 0.29) is 0 Å². The number of pyridine rings is 2. The molecule has 3 aromatic heterocycles. The number of rotatable bonds is 6. The van der Waals surface area contributed by atoms with E-state index in [0.29, 0.717) is 34.1 Å². The Bertz CT molecular complexity index is 1790. The van der Waals surface area contributed by atoms with E-state index in [1.54, 1.807) is 25.6 Å². The van der Waals surface area contributed by atoms with Gasteiger partial charge >= 0.3 is 0 Å². The van der Waals surface area contributed by atoms with Crippen molar-refractivity contribution < 1.29 is 9.47 Å². The van der Waals surface area contributed by atoms with E-state index in [1.807, 2.05) is 79.7 Å². The van der Waals surface area contributed by atoms with Crippen molar-refractivity contribution in [3.05, 3.63) is 102 Å². The second kappa shape index (κ2) is 9.95. The summed E-state index contributed by atoms with van der Waals surface area (Å²) in [6.45, 7) is 1.98. The van der Waals surface area contributed by atoms with Crippen LogP contribution in [-0.2, 0) is 0 Å². The zero-order valence-electron chi connectivity index (χ0n) is 20.6. The Kier molecular flexibility index (Phi) is 6.19. The number of hydrogen-bond donors (Lipinski definition) is 1. The molecule has 3 aromatic carbocycles. The number of halogens is 1. The highest BCUT2D eigenvalue weighted by Gasteiger charge is 2.13. The molecule has 0 aliphatic carbocycles. The predicted octanol–water partition coefficient (Wildman–Crippen LogP) is 7.75. The molecule has 1 N–H and O–H groups in total. The summed E-state index contributed by atoms with van der Waals surface area (Å²) in [5.41, 5.74) is 4.99. The van der Waals surface area contributed by atoms with Crippen LogP contribution in [0.2, 0.25) is 5.02 Å². The average molecular weight is 520 g/mol. The zero-order chi connectivity index (χ0) is 26.1. The fraction of sp³-hybridized carbons (Fsp3) is 0.0667. The Hall–Kier alpha value is -4.75. The third kappa shape index (κ3) is 4.55. The second-order valence-electron chi connectivity index (χ2n) is 8.71. The third-order valence-electron chi connectivity index (χ3n) is 6.21. The van der Waals surface area contributed by atoms with Crippen LogP contribution in [0.1, 0.15) is 5.56 Å². The van der Waals surface area contributed by atoms with Gasteiger partial charge in [-0.3, -0.25) is 4.98 Å². The lowest BCUT2D eigenvalue weighted by atomic mass is 10.0. The van der Waals surface area contributed by atoms with Gasteiger partial charge in [0.2, 0.25) is 0 Å². The monoisotopic (exact) mass is 519 g/mol. The van der Waals surface area contributed by atoms with Crippen molar-refractivity contribution in [2.45, 2.75) is 6.92 Å². The molecular formula is C30H22ClN5O2. The number of aromatic nitrogens is 4. The molecule has 6 aromatic rings. The normalized spacial score (nSPS) is 11.0. The number of anilines is 2. The molecule has 38 heavy (non-hydrogen) atoms. The van der Waals surface area contributed by atoms with Crippen LogP contribution in [-0.4, -0.2) is 27.3 Å². The van der Waals surface area contributed by atoms with Gasteiger partial charge in [0, 0.05) is 45.4 Å². The lowest BCUT2D eigenvalue weighted by molar-refractivity contribution is 0.413. The first-order chi connectivity index (χ1) is 18.6. The Morgan fingerprint density at radius 1 is 0.816 bits per heavy atom. The molecule has 0 saturated carbocycles. The first kappa shape index (κ1) is 23.6. The summed E-state index contributed by atoms with van der Waals surface area (Å²) in [6, 6.07) is 25.2. The summed E-state index contributed by atoms with van der Waals surface area (Å²) in [6.07, 6.45) is 3.34. The average Bonchev–Trinajstić information content (AvgIpc) is 2.95. The molecule has 0 amide bonds. The van der Waals surface area contributed by atoms with Gasteiger partial charge in [0.15, 0.2) is 11.6 Å². The van der Waals surface area contributed by atoms with Gasteiger partial charge in [0.1, 0.15) is 22.7 Å². The highest BCUT2D eigenvalue weighted by molar-refractivity contribution is 6.31. The fourth-order valence-corrected chi connectivity index (χ4v) is 4.37. The van der Waals surface area contributed by atoms with Crippen LogP contribution in [0.25, 0.3) is 33.1 Å². The zero-order valence-corrected chi connectivity index (χ0v) is 21.4. The van der Waals surface area contributed by atoms with Crippen LogP contribution in [0.15, 0.2) is 91.3 Å². The quantitative estimate of drug-likeness (QED) is 0.241. The molecule has 0 aliphatic heterocycles. The van der Waals surface area contributed by atoms with E-state index < -0.39 is 0 Å². The molecule has 186 valence electrons. The summed E-state index contributed by atoms with van der Waals surface area (Å²) in [7, 11) is 1.60. The number of fused-ring (bicyclic) bond motifs is 2. The Balaban J connectivity index is 1.27. The van der Waals surface area contributed by atoms with E-state index in [2.05, 4.69) is 25.5 Å². The Labute approximate surface area is 224 Å². The molecule has 8 heteroatoms. The number of hydrogen-bond acceptors (Lipinski definition) is 7. The van der Waals surface area contributed by atoms with Crippen LogP contribution in [0.4, 0.5) is 11.5 Å². The van der Waals surface area contributed by atoms with Crippen molar-refractivity contribution in [1.29, 1.82) is 0 Å². The van der Waals surface area contributed by atoms with Gasteiger partial charge in [0.05, 0.1) is 18.8 Å². The van der Waals surface area contributed by atoms with E-state index >= 15 is 0 Å². The van der Waals surface area contributed by atoms with Crippen molar-refractivity contribution in [1.82, 2.24) is 20.2 Å². The SMILES string of the molecule is COc1cnc2c(Oc3ccc(Nc4nnc(-c5ccc(Cl)c(C)c5)c5ccccc45)cc3)ccnc2c1. The molecule has 0 fully saturated rings. The number of benzene rings is 3. The van der Waals surface area contributed by atoms with Crippen LogP contribution < -0.4 is 14.8 Å². The van der Waals surface area contributed by atoms with Crippen molar-refractivity contribution in [3.63, 3.8) is 0 Å². The third-order valence-corrected chi connectivity index (χ3v) is 6.64. The van der Waals surface area contributed by atoms with Gasteiger partial charge in [-0.15, -0.1) is 10.2 Å². The predicted molar refractivity (Wildman–Crippen MR) is 151 cm³/mol. The molecule has 0 spiro atoms. The van der Waals surface area contributed by atoms with Crippen molar-refractivity contribution in [2.75, 3.05) is 12.4 Å². The second-order valence-corrected chi connectivity index (χ2v) is 9.12. The lowest BCUT2D eigenvalue weighted by Gasteiger charge is -2.13. The minimum absolute atomic E-state index is 0.614. The van der Waals surface area contributed by atoms with Gasteiger partial charge in [-0.05, 0) is 48.9 Å². The standard InChI is InChI=1S/C30H22ClN5O2/c1-18-15-19(7-12-25(18)31)28-23-5-3-4-6-24(23)30(36-35-28)34-20-8-10-21(11-9-20)38-27-13-14-32-26-16-22(37-2)17-33-29(26)27/h3-17H,1-2H3,(H,34,36). The van der Waals surface area contributed by atoms with Crippen molar-refractivity contribution in [2.24, 2.45) is 0 Å². The van der Waals surface area contributed by atoms with Gasteiger partial charge in [0.25, 0.3) is 0 Å². The molecule has 3 heterocycles. The molecule has 6 rings (SSSR count). The Morgan fingerprint density at radius 3 is 2.42 bits per heavy atom. The number of methoxy groups -OCH3 is 1. The minimum Gasteiger partial charge on any atom is -0.495 e. The van der Waals surface area contributed by atoms with E-state index in [1.165, 1.54) is 0 Å². The molecule has 0 radical (unpaired) electrons. The maximum absolute atomic E-state index is 6.23. The fourth-order valence-electron chi connectivity index (χ4n) is 4.25. The highest BCUT2D eigenvalue weighted by Crippen LogP contribution is 2.34. The smallest absolute Gasteiger partial charge is 0.161 e. The van der Waals surface area contributed by atoms with Crippen molar-refractivity contribution in [3.8, 4) is 28.5 Å². The summed E-state index contributed by atoms with van der Waals surface area (Å²) < 4.78 is 11.4. The summed E-state index contributed by atoms with van der Waals surface area (Å²) >= 11 is 6.23. The molecule has 0 unspecified atom stereocenters. The lowest BCUT2D eigenvalue weighted by Crippen LogP contribution is -1.99. The van der Waals surface area contributed by atoms with E-state index in [9.17, 15) is 0 Å². The maximum Gasteiger partial charge on any atom is 0.161 e. The maximum atomic E-state index is 6.23. The summed E-state index contributed by atoms with van der Waals surface area (Å²) in [5.74, 6) is 2.60. The summed E-state index contributed by atoms with van der Waals surface area (Å²) in [5, 5.41) is 15.2. The summed E-state index contributed by atoms with van der Waals surface area (Å²) in [4.78, 5) is 8.80. The molecule has 0 saturated heterocycles. The van der Waals surface area contributed by atoms with Gasteiger partial charge < -0.3 is 14.8 Å². The van der Waals surface area contributed by atoms with Crippen molar-refractivity contribution >= 4 is 44.9 Å². The minimum atomic E-state index is 0.614. The molecular weight excluding hydrogens is 498 g/mol.